The van der Waals surface area contributed by atoms with E-state index in [0.717, 1.165) is 19.4 Å². The minimum Gasteiger partial charge on any atom is -0.378 e. The van der Waals surface area contributed by atoms with Crippen LogP contribution in [0.2, 0.25) is 0 Å². The molecule has 6 nitrogen and oxygen atoms in total. The number of halogens is 1. The van der Waals surface area contributed by atoms with E-state index in [1.54, 1.807) is 4.90 Å². The normalized spacial score (nSPS) is 22.2. The molecule has 0 spiro atoms. The van der Waals surface area contributed by atoms with Crippen molar-refractivity contribution in [3.05, 3.63) is 0 Å². The summed E-state index contributed by atoms with van der Waals surface area (Å²) in [5, 5.41) is 6.11. The highest BCUT2D eigenvalue weighted by atomic mass is 35.5. The molecule has 0 bridgehead atoms. The van der Waals surface area contributed by atoms with Gasteiger partial charge in [0.05, 0.1) is 13.2 Å². The molecule has 2 aliphatic heterocycles. The minimum absolute atomic E-state index is 0. The van der Waals surface area contributed by atoms with Crippen LogP contribution in [0.25, 0.3) is 0 Å². The van der Waals surface area contributed by atoms with Crippen LogP contribution in [0.15, 0.2) is 0 Å². The van der Waals surface area contributed by atoms with E-state index in [1.165, 1.54) is 0 Å². The quantitative estimate of drug-likeness (QED) is 0.745. The van der Waals surface area contributed by atoms with Gasteiger partial charge in [-0.25, -0.2) is 0 Å². The van der Waals surface area contributed by atoms with Crippen LogP contribution < -0.4 is 10.6 Å². The maximum atomic E-state index is 11.8. The summed E-state index contributed by atoms with van der Waals surface area (Å²) in [6.45, 7) is 4.00. The molecule has 2 heterocycles. The molecule has 2 N–H and O–H groups in total. The van der Waals surface area contributed by atoms with Gasteiger partial charge in [-0.2, -0.15) is 0 Å². The number of rotatable bonds is 5. The van der Waals surface area contributed by atoms with Gasteiger partial charge in [-0.3, -0.25) is 9.59 Å². The molecule has 0 saturated carbocycles. The van der Waals surface area contributed by atoms with Gasteiger partial charge in [0.25, 0.3) is 0 Å². The van der Waals surface area contributed by atoms with Crippen LogP contribution >= 0.6 is 12.4 Å². The monoisotopic (exact) mass is 305 g/mol. The van der Waals surface area contributed by atoms with Crippen molar-refractivity contribution < 1.29 is 14.3 Å². The Morgan fingerprint density at radius 2 is 2.05 bits per heavy atom. The van der Waals surface area contributed by atoms with Crippen molar-refractivity contribution in [2.24, 2.45) is 0 Å². The minimum atomic E-state index is 0. The van der Waals surface area contributed by atoms with Gasteiger partial charge in [0.1, 0.15) is 0 Å². The number of carbonyl (C=O) groups is 2. The molecule has 0 aromatic carbocycles. The molecule has 2 aliphatic rings. The molecule has 1 atom stereocenters. The molecular formula is C13H24ClN3O3. The number of hydrogen-bond donors (Lipinski definition) is 2. The summed E-state index contributed by atoms with van der Waals surface area (Å²) in [6.07, 6.45) is 3.11. The largest absolute Gasteiger partial charge is 0.378 e. The number of morpholine rings is 1. The molecule has 0 aromatic heterocycles. The third-order valence-corrected chi connectivity index (χ3v) is 3.62. The van der Waals surface area contributed by atoms with Crippen LogP contribution in [0, 0.1) is 0 Å². The second-order valence-electron chi connectivity index (χ2n) is 5.09. The first-order valence-electron chi connectivity index (χ1n) is 7.11. The Bertz CT molecular complexity index is 316. The smallest absolute Gasteiger partial charge is 0.224 e. The van der Waals surface area contributed by atoms with Gasteiger partial charge in [-0.05, 0) is 19.4 Å². The van der Waals surface area contributed by atoms with Crippen molar-refractivity contribution in [1.82, 2.24) is 15.5 Å². The first-order valence-corrected chi connectivity index (χ1v) is 7.11. The molecular weight excluding hydrogens is 282 g/mol. The lowest BCUT2D eigenvalue weighted by Gasteiger charge is -2.26. The van der Waals surface area contributed by atoms with Crippen molar-refractivity contribution in [2.75, 3.05) is 39.4 Å². The third-order valence-electron chi connectivity index (χ3n) is 3.62. The fourth-order valence-corrected chi connectivity index (χ4v) is 2.51. The summed E-state index contributed by atoms with van der Waals surface area (Å²) in [6, 6.07) is 0.315. The lowest BCUT2D eigenvalue weighted by molar-refractivity contribution is -0.135. The van der Waals surface area contributed by atoms with E-state index in [2.05, 4.69) is 10.6 Å². The molecule has 2 amide bonds. The Labute approximate surface area is 126 Å². The first-order chi connectivity index (χ1) is 9.25. The summed E-state index contributed by atoms with van der Waals surface area (Å²) in [5.41, 5.74) is 0. The van der Waals surface area contributed by atoms with E-state index in [0.29, 0.717) is 51.7 Å². The van der Waals surface area contributed by atoms with E-state index in [4.69, 9.17) is 4.74 Å². The van der Waals surface area contributed by atoms with Crippen molar-refractivity contribution in [2.45, 2.75) is 31.7 Å². The second kappa shape index (κ2) is 9.15. The summed E-state index contributed by atoms with van der Waals surface area (Å²) >= 11 is 0. The zero-order chi connectivity index (χ0) is 13.5. The zero-order valence-electron chi connectivity index (χ0n) is 11.7. The van der Waals surface area contributed by atoms with Crippen LogP contribution in [0.1, 0.15) is 25.7 Å². The second-order valence-corrected chi connectivity index (χ2v) is 5.09. The van der Waals surface area contributed by atoms with Gasteiger partial charge in [0.2, 0.25) is 11.8 Å². The third kappa shape index (κ3) is 5.64. The Kier molecular flexibility index (Phi) is 7.87. The average Bonchev–Trinajstić information content (AvgIpc) is 2.92. The maximum absolute atomic E-state index is 11.8. The highest BCUT2D eigenvalue weighted by Crippen LogP contribution is 2.08. The molecule has 0 aromatic rings. The number of ether oxygens (including phenoxy) is 1. The fourth-order valence-electron chi connectivity index (χ4n) is 2.51. The Hall–Kier alpha value is -0.850. The van der Waals surface area contributed by atoms with E-state index < -0.39 is 0 Å². The van der Waals surface area contributed by atoms with Gasteiger partial charge >= 0.3 is 0 Å². The van der Waals surface area contributed by atoms with Gasteiger partial charge in [-0.1, -0.05) is 0 Å². The van der Waals surface area contributed by atoms with Crippen LogP contribution in [0.5, 0.6) is 0 Å². The Morgan fingerprint density at radius 3 is 2.70 bits per heavy atom. The lowest BCUT2D eigenvalue weighted by atomic mass is 10.1. The molecule has 2 rings (SSSR count). The van der Waals surface area contributed by atoms with Gasteiger partial charge in [0.15, 0.2) is 0 Å². The van der Waals surface area contributed by atoms with Crippen molar-refractivity contribution in [1.29, 1.82) is 0 Å². The zero-order valence-corrected chi connectivity index (χ0v) is 12.5. The SMILES string of the molecule is Cl.O=C(CC1CCCN1)NCCC(=O)N1CCOCC1. The topological polar surface area (TPSA) is 70.7 Å². The molecule has 0 aliphatic carbocycles. The summed E-state index contributed by atoms with van der Waals surface area (Å²) in [4.78, 5) is 25.3. The van der Waals surface area contributed by atoms with Crippen molar-refractivity contribution >= 4 is 24.2 Å². The summed E-state index contributed by atoms with van der Waals surface area (Å²) in [7, 11) is 0. The van der Waals surface area contributed by atoms with E-state index >= 15 is 0 Å². The number of carbonyl (C=O) groups excluding carboxylic acids is 2. The predicted molar refractivity (Wildman–Crippen MR) is 77.9 cm³/mol. The Balaban J connectivity index is 0.00000200. The van der Waals surface area contributed by atoms with Gasteiger partial charge < -0.3 is 20.3 Å². The van der Waals surface area contributed by atoms with Crippen LogP contribution in [-0.4, -0.2) is 62.1 Å². The maximum Gasteiger partial charge on any atom is 0.224 e. The molecule has 7 heteroatoms. The first kappa shape index (κ1) is 17.2. The van der Waals surface area contributed by atoms with Gasteiger partial charge in [-0.15, -0.1) is 12.4 Å². The van der Waals surface area contributed by atoms with Crippen molar-refractivity contribution in [3.8, 4) is 0 Å². The molecule has 20 heavy (non-hydrogen) atoms. The lowest BCUT2D eigenvalue weighted by Crippen LogP contribution is -2.42. The van der Waals surface area contributed by atoms with E-state index in [9.17, 15) is 9.59 Å². The highest BCUT2D eigenvalue weighted by molar-refractivity contribution is 5.85. The highest BCUT2D eigenvalue weighted by Gasteiger charge is 2.19. The molecule has 0 radical (unpaired) electrons. The van der Waals surface area contributed by atoms with Crippen LogP contribution in [0.4, 0.5) is 0 Å². The van der Waals surface area contributed by atoms with Gasteiger partial charge in [0, 0.05) is 38.5 Å². The van der Waals surface area contributed by atoms with E-state index in [1.807, 2.05) is 0 Å². The van der Waals surface area contributed by atoms with Crippen LogP contribution in [0.3, 0.4) is 0 Å². The van der Waals surface area contributed by atoms with Crippen LogP contribution in [-0.2, 0) is 14.3 Å². The fraction of sp³-hybridized carbons (Fsp3) is 0.846. The average molecular weight is 306 g/mol. The predicted octanol–water partition coefficient (Wildman–Crippen LogP) is -0.0846. The molecule has 116 valence electrons. The number of nitrogens with one attached hydrogen (secondary N) is 2. The molecule has 2 fully saturated rings. The Morgan fingerprint density at radius 1 is 1.30 bits per heavy atom. The number of hydrogen-bond acceptors (Lipinski definition) is 4. The summed E-state index contributed by atoms with van der Waals surface area (Å²) < 4.78 is 5.20. The van der Waals surface area contributed by atoms with Crippen molar-refractivity contribution in [3.63, 3.8) is 0 Å². The standard InChI is InChI=1S/C13H23N3O3.ClH/c17-12(10-11-2-1-4-14-11)15-5-3-13(18)16-6-8-19-9-7-16;/h11,14H,1-10H2,(H,15,17);1H. The number of amides is 2. The van der Waals surface area contributed by atoms with E-state index in [-0.39, 0.29) is 24.2 Å². The molecule has 1 unspecified atom stereocenters. The number of nitrogens with zero attached hydrogens (tertiary/aromatic N) is 1. The summed E-state index contributed by atoms with van der Waals surface area (Å²) in [5.74, 6) is 0.136. The molecule has 2 saturated heterocycles.